The number of hydrogen-bond acceptors (Lipinski definition) is 5. The van der Waals surface area contributed by atoms with Gasteiger partial charge in [0.25, 0.3) is 0 Å². The van der Waals surface area contributed by atoms with Crippen molar-refractivity contribution < 1.29 is 14.3 Å². The van der Waals surface area contributed by atoms with E-state index in [0.29, 0.717) is 18.0 Å². The molecule has 0 fully saturated rings. The second-order valence-electron chi connectivity index (χ2n) is 5.29. The van der Waals surface area contributed by atoms with Crippen molar-refractivity contribution in [3.05, 3.63) is 42.1 Å². The minimum atomic E-state index is -0.290. The van der Waals surface area contributed by atoms with Gasteiger partial charge in [0, 0.05) is 20.6 Å². The summed E-state index contributed by atoms with van der Waals surface area (Å²) >= 11 is 0. The van der Waals surface area contributed by atoms with Crippen molar-refractivity contribution in [3.8, 4) is 11.5 Å². The van der Waals surface area contributed by atoms with Crippen LogP contribution in [-0.4, -0.2) is 31.9 Å². The normalized spacial score (nSPS) is 11.9. The Kier molecular flexibility index (Phi) is 4.18. The van der Waals surface area contributed by atoms with Gasteiger partial charge in [-0.3, -0.25) is 0 Å². The number of carbonyl (C=O) groups excluding carboxylic acids is 1. The van der Waals surface area contributed by atoms with Crippen molar-refractivity contribution in [2.75, 3.05) is 31.1 Å². The molecule has 2 heterocycles. The van der Waals surface area contributed by atoms with E-state index >= 15 is 0 Å². The topological polar surface area (TPSA) is 75.7 Å². The summed E-state index contributed by atoms with van der Waals surface area (Å²) in [5.41, 5.74) is 1.57. The van der Waals surface area contributed by atoms with Gasteiger partial charge in [-0.2, -0.15) is 0 Å². The first-order valence-electron chi connectivity index (χ1n) is 7.18. The number of rotatable bonds is 4. The molecule has 0 atom stereocenters. The molecule has 7 nitrogen and oxygen atoms in total. The lowest BCUT2D eigenvalue weighted by Gasteiger charge is -2.12. The molecule has 0 spiro atoms. The number of anilines is 2. The molecule has 1 aromatic heterocycles. The number of nitrogens with one attached hydrogen (secondary N) is 2. The highest BCUT2D eigenvalue weighted by Gasteiger charge is 2.13. The largest absolute Gasteiger partial charge is 0.454 e. The average molecular weight is 314 g/mol. The Bertz CT molecular complexity index is 701. The van der Waals surface area contributed by atoms with Crippen molar-refractivity contribution in [3.63, 3.8) is 0 Å². The highest BCUT2D eigenvalue weighted by atomic mass is 16.7. The Labute approximate surface area is 134 Å². The van der Waals surface area contributed by atoms with E-state index in [4.69, 9.17) is 9.47 Å². The Morgan fingerprint density at radius 2 is 2.04 bits per heavy atom. The van der Waals surface area contributed by atoms with Crippen molar-refractivity contribution in [2.45, 2.75) is 6.54 Å². The molecule has 0 saturated carbocycles. The summed E-state index contributed by atoms with van der Waals surface area (Å²) in [7, 11) is 3.82. The maximum atomic E-state index is 11.9. The van der Waals surface area contributed by atoms with Gasteiger partial charge in [0.2, 0.25) is 6.79 Å². The molecule has 2 amide bonds. The highest BCUT2D eigenvalue weighted by molar-refractivity contribution is 5.89. The van der Waals surface area contributed by atoms with Crippen LogP contribution in [0.5, 0.6) is 11.5 Å². The predicted octanol–water partition coefficient (Wildman–Crippen LogP) is 2.20. The molecule has 7 heteroatoms. The third-order valence-corrected chi connectivity index (χ3v) is 3.35. The molecule has 1 aromatic carbocycles. The quantitative estimate of drug-likeness (QED) is 0.905. The fourth-order valence-corrected chi connectivity index (χ4v) is 2.13. The van der Waals surface area contributed by atoms with Gasteiger partial charge in [-0.25, -0.2) is 9.78 Å². The van der Waals surface area contributed by atoms with Crippen molar-refractivity contribution >= 4 is 17.5 Å². The molecular formula is C16H18N4O3. The maximum absolute atomic E-state index is 11.9. The van der Waals surface area contributed by atoms with Crippen molar-refractivity contribution in [1.29, 1.82) is 0 Å². The minimum absolute atomic E-state index is 0.239. The lowest BCUT2D eigenvalue weighted by Crippen LogP contribution is -2.28. The van der Waals surface area contributed by atoms with Crippen LogP contribution in [-0.2, 0) is 6.54 Å². The first-order valence-corrected chi connectivity index (χ1v) is 7.18. The number of urea groups is 1. The van der Waals surface area contributed by atoms with Gasteiger partial charge in [-0.05, 0) is 29.8 Å². The van der Waals surface area contributed by atoms with Crippen LogP contribution in [0, 0.1) is 0 Å². The summed E-state index contributed by atoms with van der Waals surface area (Å²) in [5.74, 6) is 2.26. The summed E-state index contributed by atoms with van der Waals surface area (Å²) in [6.45, 7) is 0.633. The number of aromatic nitrogens is 1. The molecule has 2 N–H and O–H groups in total. The monoisotopic (exact) mass is 314 g/mol. The van der Waals surface area contributed by atoms with Crippen LogP contribution in [0.3, 0.4) is 0 Å². The van der Waals surface area contributed by atoms with Gasteiger partial charge in [0.15, 0.2) is 11.5 Å². The second-order valence-corrected chi connectivity index (χ2v) is 5.29. The molecule has 0 bridgehead atoms. The summed E-state index contributed by atoms with van der Waals surface area (Å²) in [5, 5.41) is 5.54. The molecular weight excluding hydrogens is 296 g/mol. The molecule has 0 saturated heterocycles. The standard InChI is InChI=1S/C16H18N4O3/c1-20(2)15-6-4-12(9-17-15)19-16(21)18-8-11-3-5-13-14(7-11)23-10-22-13/h3-7,9H,8,10H2,1-2H3,(H2,18,19,21). The number of fused-ring (bicyclic) bond motifs is 1. The molecule has 120 valence electrons. The van der Waals surface area contributed by atoms with E-state index in [-0.39, 0.29) is 12.8 Å². The van der Waals surface area contributed by atoms with Gasteiger partial charge in [-0.15, -0.1) is 0 Å². The number of carbonyl (C=O) groups is 1. The van der Waals surface area contributed by atoms with Gasteiger partial charge < -0.3 is 25.0 Å². The van der Waals surface area contributed by atoms with Gasteiger partial charge in [-0.1, -0.05) is 6.07 Å². The summed E-state index contributed by atoms with van der Waals surface area (Å²) < 4.78 is 10.6. The van der Waals surface area contributed by atoms with Crippen LogP contribution in [0.1, 0.15) is 5.56 Å². The lowest BCUT2D eigenvalue weighted by molar-refractivity contribution is 0.174. The molecule has 2 aromatic rings. The van der Waals surface area contributed by atoms with Crippen LogP contribution in [0.4, 0.5) is 16.3 Å². The van der Waals surface area contributed by atoms with E-state index in [1.54, 1.807) is 6.20 Å². The molecule has 1 aliphatic rings. The first-order chi connectivity index (χ1) is 11.1. The highest BCUT2D eigenvalue weighted by Crippen LogP contribution is 2.32. The third kappa shape index (κ3) is 3.63. The van der Waals surface area contributed by atoms with E-state index < -0.39 is 0 Å². The Hall–Kier alpha value is -2.96. The fourth-order valence-electron chi connectivity index (χ4n) is 2.13. The zero-order chi connectivity index (χ0) is 16.2. The number of ether oxygens (including phenoxy) is 2. The van der Waals surface area contributed by atoms with E-state index in [1.807, 2.05) is 49.3 Å². The Morgan fingerprint density at radius 1 is 1.22 bits per heavy atom. The van der Waals surface area contributed by atoms with Crippen LogP contribution in [0.15, 0.2) is 36.5 Å². The van der Waals surface area contributed by atoms with E-state index in [1.165, 1.54) is 0 Å². The van der Waals surface area contributed by atoms with Crippen LogP contribution in [0.25, 0.3) is 0 Å². The predicted molar refractivity (Wildman–Crippen MR) is 87.0 cm³/mol. The number of benzene rings is 1. The SMILES string of the molecule is CN(C)c1ccc(NC(=O)NCc2ccc3c(c2)OCO3)cn1. The molecule has 0 aliphatic carbocycles. The molecule has 3 rings (SSSR count). The molecule has 23 heavy (non-hydrogen) atoms. The summed E-state index contributed by atoms with van der Waals surface area (Å²) in [6, 6.07) is 8.94. The third-order valence-electron chi connectivity index (χ3n) is 3.35. The van der Waals surface area contributed by atoms with Crippen molar-refractivity contribution in [2.24, 2.45) is 0 Å². The molecule has 1 aliphatic heterocycles. The summed E-state index contributed by atoms with van der Waals surface area (Å²) in [4.78, 5) is 18.1. The smallest absolute Gasteiger partial charge is 0.319 e. The first kappa shape index (κ1) is 15.0. The Balaban J connectivity index is 1.53. The van der Waals surface area contributed by atoms with Crippen LogP contribution < -0.4 is 25.0 Å². The van der Waals surface area contributed by atoms with Gasteiger partial charge in [0.05, 0.1) is 11.9 Å². The van der Waals surface area contributed by atoms with Crippen LogP contribution >= 0.6 is 0 Å². The molecule has 0 unspecified atom stereocenters. The van der Waals surface area contributed by atoms with E-state index in [2.05, 4.69) is 15.6 Å². The fraction of sp³-hybridized carbons (Fsp3) is 0.250. The maximum Gasteiger partial charge on any atom is 0.319 e. The Morgan fingerprint density at radius 3 is 2.78 bits per heavy atom. The minimum Gasteiger partial charge on any atom is -0.454 e. The van der Waals surface area contributed by atoms with Crippen LogP contribution in [0.2, 0.25) is 0 Å². The average Bonchev–Trinajstić information content (AvgIpc) is 3.01. The lowest BCUT2D eigenvalue weighted by atomic mass is 10.2. The van der Waals surface area contributed by atoms with Gasteiger partial charge in [0.1, 0.15) is 5.82 Å². The van der Waals surface area contributed by atoms with E-state index in [9.17, 15) is 4.79 Å². The number of nitrogens with zero attached hydrogens (tertiary/aromatic N) is 2. The van der Waals surface area contributed by atoms with E-state index in [0.717, 1.165) is 17.1 Å². The second kappa shape index (κ2) is 6.43. The zero-order valence-electron chi connectivity index (χ0n) is 13.0. The number of pyridine rings is 1. The number of hydrogen-bond donors (Lipinski definition) is 2. The van der Waals surface area contributed by atoms with Gasteiger partial charge >= 0.3 is 6.03 Å². The number of amides is 2. The molecule has 0 radical (unpaired) electrons. The van der Waals surface area contributed by atoms with Crippen molar-refractivity contribution in [1.82, 2.24) is 10.3 Å². The summed E-state index contributed by atoms with van der Waals surface area (Å²) in [6.07, 6.45) is 1.62. The zero-order valence-corrected chi connectivity index (χ0v) is 13.0.